The number of furan rings is 2. The van der Waals surface area contributed by atoms with Crippen LogP contribution < -0.4 is 26.9 Å². The molecule has 0 bridgehead atoms. The van der Waals surface area contributed by atoms with Crippen LogP contribution in [0.5, 0.6) is 0 Å². The highest BCUT2D eigenvalue weighted by Crippen LogP contribution is 2.49. The first kappa shape index (κ1) is 61.2. The number of pyridine rings is 2. The number of hydrogen-bond acceptors (Lipinski definition) is 14. The molecule has 18 nitrogen and oxygen atoms in total. The number of hydrogen-bond donors (Lipinski definition) is 6. The lowest BCUT2D eigenvalue weighted by molar-refractivity contribution is 0.0365. The molecule has 94 heavy (non-hydrogen) atoms. The molecule has 8 heterocycles. The molecule has 2 aliphatic heterocycles. The lowest BCUT2D eigenvalue weighted by atomic mass is 9.71. The van der Waals surface area contributed by atoms with Gasteiger partial charge in [-0.15, -0.1) is 0 Å². The number of anilines is 4. The van der Waals surface area contributed by atoms with Crippen molar-refractivity contribution in [2.45, 2.75) is 102 Å². The number of alkyl carbamates (subject to hydrolysis) is 2. The summed E-state index contributed by atoms with van der Waals surface area (Å²) in [6.07, 6.45) is 8.41. The van der Waals surface area contributed by atoms with Crippen LogP contribution in [-0.2, 0) is 20.6 Å². The monoisotopic (exact) mass is 1310 g/mol. The summed E-state index contributed by atoms with van der Waals surface area (Å²) < 4.78 is 27.8. The van der Waals surface area contributed by atoms with E-state index in [1.54, 1.807) is 24.5 Å². The number of para-hydroxylation sites is 4. The van der Waals surface area contributed by atoms with Crippen LogP contribution in [0.4, 0.5) is 32.6 Å². The largest absolute Gasteiger partial charge is 0.526 e. The molecule has 16 rings (SSSR count). The lowest BCUT2D eigenvalue weighted by Crippen LogP contribution is -2.52. The van der Waals surface area contributed by atoms with Gasteiger partial charge in [0.05, 0.1) is 45.2 Å². The summed E-state index contributed by atoms with van der Waals surface area (Å²) in [5.41, 5.74) is 12.1. The van der Waals surface area contributed by atoms with E-state index < -0.39 is 35.5 Å². The van der Waals surface area contributed by atoms with E-state index in [-0.39, 0.29) is 11.8 Å². The molecule has 2 amide bonds. The Morgan fingerprint density at radius 3 is 1.47 bits per heavy atom. The third-order valence-electron chi connectivity index (χ3n) is 17.3. The van der Waals surface area contributed by atoms with Gasteiger partial charge >= 0.3 is 19.3 Å². The van der Waals surface area contributed by atoms with E-state index in [2.05, 4.69) is 124 Å². The Bertz CT molecular complexity index is 4770. The number of aromatic nitrogens is 6. The maximum atomic E-state index is 12.8. The summed E-state index contributed by atoms with van der Waals surface area (Å²) >= 11 is 3.74. The number of ether oxygens (including phenoxy) is 2. The first-order chi connectivity index (χ1) is 45.3. The summed E-state index contributed by atoms with van der Waals surface area (Å²) in [6.45, 7) is 11.3. The SMILES string of the molecule is CC(C)(C)OC(=O)NC1(c2ccc(-c3c(-c4cc5ccccc5o4)nc4n3-c3cccnc3Nc3ccccc3-4)cc2)CCC1.CC(C)(C)OC(=O)NC1(c2ccc(-c3c(Br)nc4n3-c3cccnc3Nc3ccccc3-4)cc2)CCC1.OB(O)c1cc2ccccc2o1. The zero-order valence-electron chi connectivity index (χ0n) is 52.7. The molecule has 4 aliphatic rings. The summed E-state index contributed by atoms with van der Waals surface area (Å²) in [7, 11) is -1.53. The zero-order valence-corrected chi connectivity index (χ0v) is 54.3. The topological polar surface area (TPSA) is 229 Å². The Balaban J connectivity index is 0.000000140. The molecule has 0 spiro atoms. The highest BCUT2D eigenvalue weighted by molar-refractivity contribution is 9.10. The van der Waals surface area contributed by atoms with Crippen LogP contribution in [0.1, 0.15) is 91.2 Å². The van der Waals surface area contributed by atoms with Gasteiger partial charge < -0.3 is 49.6 Å². The molecule has 0 atom stereocenters. The van der Waals surface area contributed by atoms with Gasteiger partial charge in [-0.3, -0.25) is 9.13 Å². The average molecular weight is 1320 g/mol. The van der Waals surface area contributed by atoms with Gasteiger partial charge in [0.15, 0.2) is 17.4 Å². The van der Waals surface area contributed by atoms with Crippen molar-refractivity contribution < 1.29 is 37.9 Å². The van der Waals surface area contributed by atoms with Gasteiger partial charge in [-0.1, -0.05) is 109 Å². The van der Waals surface area contributed by atoms with Gasteiger partial charge in [-0.05, 0) is 180 Å². The number of halogens is 1. The van der Waals surface area contributed by atoms with Gasteiger partial charge in [-0.25, -0.2) is 29.5 Å². The number of fused-ring (bicyclic) bond motifs is 12. The van der Waals surface area contributed by atoms with Crippen LogP contribution >= 0.6 is 15.9 Å². The van der Waals surface area contributed by atoms with Crippen LogP contribution in [0.2, 0.25) is 0 Å². The molecule has 2 saturated carbocycles. The van der Waals surface area contributed by atoms with Gasteiger partial charge in [0.2, 0.25) is 0 Å². The Morgan fingerprint density at radius 2 is 1.00 bits per heavy atom. The summed E-state index contributed by atoms with van der Waals surface area (Å²) in [6, 6.07) is 60.1. The fourth-order valence-corrected chi connectivity index (χ4v) is 13.2. The van der Waals surface area contributed by atoms with Crippen LogP contribution in [0.25, 0.3) is 90.1 Å². The Kier molecular flexibility index (Phi) is 15.8. The molecule has 0 radical (unpaired) electrons. The summed E-state index contributed by atoms with van der Waals surface area (Å²) in [4.78, 5) is 45.0. The van der Waals surface area contributed by atoms with E-state index in [1.165, 1.54) is 0 Å². The smallest absolute Gasteiger partial charge is 0.465 e. The highest BCUT2D eigenvalue weighted by Gasteiger charge is 2.43. The summed E-state index contributed by atoms with van der Waals surface area (Å²) in [5.74, 6) is 3.83. The lowest BCUT2D eigenvalue weighted by Gasteiger charge is -2.43. The minimum Gasteiger partial charge on any atom is -0.465 e. The minimum absolute atomic E-state index is 0.177. The van der Waals surface area contributed by atoms with Crippen molar-refractivity contribution in [2.24, 2.45) is 0 Å². The number of carbonyl (C=O) groups excluding carboxylic acids is 2. The van der Waals surface area contributed by atoms with E-state index in [9.17, 15) is 9.59 Å². The van der Waals surface area contributed by atoms with Crippen molar-refractivity contribution in [3.05, 3.63) is 210 Å². The molecule has 0 saturated heterocycles. The van der Waals surface area contributed by atoms with Crippen molar-refractivity contribution in [1.82, 2.24) is 39.7 Å². The van der Waals surface area contributed by atoms with E-state index in [0.717, 1.165) is 156 Å². The third-order valence-corrected chi connectivity index (χ3v) is 17.8. The first-order valence-corrected chi connectivity index (χ1v) is 32.2. The molecule has 6 aromatic heterocycles. The molecule has 6 aromatic carbocycles. The molecule has 2 fully saturated rings. The highest BCUT2D eigenvalue weighted by atomic mass is 79.9. The molecule has 20 heteroatoms. The van der Waals surface area contributed by atoms with Crippen molar-refractivity contribution in [1.29, 1.82) is 0 Å². The van der Waals surface area contributed by atoms with Gasteiger partial charge in [0, 0.05) is 45.4 Å². The third kappa shape index (κ3) is 11.9. The second-order valence-electron chi connectivity index (χ2n) is 26.0. The van der Waals surface area contributed by atoms with E-state index >= 15 is 0 Å². The fraction of sp³-hybridized carbons (Fsp3) is 0.216. The van der Waals surface area contributed by atoms with Crippen molar-refractivity contribution >= 4 is 85.8 Å². The predicted molar refractivity (Wildman–Crippen MR) is 370 cm³/mol. The molecule has 12 aromatic rings. The first-order valence-electron chi connectivity index (χ1n) is 31.4. The maximum absolute atomic E-state index is 12.8. The molecular formula is C74H68BBrN10O8. The molecule has 2 aliphatic carbocycles. The Hall–Kier alpha value is -10.3. The molecular weight excluding hydrogens is 1250 g/mol. The zero-order chi connectivity index (χ0) is 65.1. The second-order valence-corrected chi connectivity index (χ2v) is 26.7. The number of nitrogens with zero attached hydrogens (tertiary/aromatic N) is 6. The second kappa shape index (κ2) is 24.3. The Labute approximate surface area is 551 Å². The maximum Gasteiger partial charge on any atom is 0.526 e. The molecule has 472 valence electrons. The van der Waals surface area contributed by atoms with Gasteiger partial charge in [0.1, 0.15) is 50.0 Å². The predicted octanol–water partition coefficient (Wildman–Crippen LogP) is 16.4. The number of rotatable bonds is 8. The molecule has 0 unspecified atom stereocenters. The van der Waals surface area contributed by atoms with E-state index in [0.29, 0.717) is 11.3 Å². The average Bonchev–Trinajstić information content (AvgIpc) is 1.55. The Morgan fingerprint density at radius 1 is 0.553 bits per heavy atom. The number of benzene rings is 6. The standard InChI is InChI=1S/C37H33N5O3.C29H28BrN5O2.C8H7BO3/c1-36(2,3)45-35(43)41-37(19-9-20-37)25-17-15-23(16-18-25)32-31(30-22-24-10-4-7-14-29(24)44-30)40-34-26-11-5-6-12-27(26)39-33-28(42(32)34)13-8-21-38-33;1-28(2,3)37-27(36)34-29(15-7-16-29)19-13-11-18(12-14-19)23-24(30)33-26-20-8-4-5-9-21(20)32-25-22(35(23)26)10-6-17-31-25;10-9(11)8-5-6-3-1-2-4-7(6)12-8/h4-8,10-18,21-22H,9,19-20H2,1-3H3,(H,38,39)(H,41,43);4-6,8-14,17H,7,15-16H2,1-3H3,(H,31,32)(H,34,36);1-5,10-11H. The van der Waals surface area contributed by atoms with Crippen LogP contribution in [-0.4, -0.2) is 69.6 Å². The van der Waals surface area contributed by atoms with Gasteiger partial charge in [-0.2, -0.15) is 0 Å². The van der Waals surface area contributed by atoms with E-state index in [1.807, 2.05) is 139 Å². The van der Waals surface area contributed by atoms with Crippen molar-refractivity contribution in [3.8, 4) is 68.1 Å². The van der Waals surface area contributed by atoms with Gasteiger partial charge in [0.25, 0.3) is 0 Å². The number of amides is 2. The quantitative estimate of drug-likeness (QED) is 0.0778. The van der Waals surface area contributed by atoms with Crippen LogP contribution in [0, 0.1) is 0 Å². The fourth-order valence-electron chi connectivity index (χ4n) is 12.7. The summed E-state index contributed by atoms with van der Waals surface area (Å²) in [5, 5.41) is 32.8. The number of nitrogens with one attached hydrogen (secondary N) is 4. The number of imidazole rings is 2. The van der Waals surface area contributed by atoms with Crippen molar-refractivity contribution in [3.63, 3.8) is 0 Å². The normalized spacial score (nSPS) is 14.4. The van der Waals surface area contributed by atoms with Crippen LogP contribution in [0.15, 0.2) is 208 Å². The van der Waals surface area contributed by atoms with Crippen molar-refractivity contribution in [2.75, 3.05) is 10.6 Å². The van der Waals surface area contributed by atoms with E-state index in [4.69, 9.17) is 43.3 Å². The van der Waals surface area contributed by atoms with Crippen LogP contribution in [0.3, 0.4) is 0 Å². The molecule has 6 N–H and O–H groups in total. The minimum atomic E-state index is -1.53. The number of carbonyl (C=O) groups is 2.